The van der Waals surface area contributed by atoms with E-state index in [4.69, 9.17) is 27.8 Å². The molecule has 1 spiro atoms. The molecule has 8 N–H and O–H groups in total. The number of likely N-dealkylation sites (tertiary alicyclic amines) is 2. The second kappa shape index (κ2) is 15.1. The number of anilines is 2. The van der Waals surface area contributed by atoms with Gasteiger partial charge < -0.3 is 31.3 Å². The zero-order chi connectivity index (χ0) is 37.1. The van der Waals surface area contributed by atoms with Crippen LogP contribution in [0.15, 0.2) is 29.2 Å². The standard InChI is InChI=1S/C29H36ClF3N10O7S/c30-22-24(35)39-23(34)21(38-22)25(46)40-27-36-15-28(41-27)7-11-42(12-8-28)26(47)16-3-1-4-17(13-16)51(48,49)37-9-6-20(45)50-14-19(44)43-10-2-5-18(43)29(31,32)33/h1,3-4,13,18,27,36-37,41H,2,5-12,14-15H2,(H,40,46)(H4,34,35,39). The van der Waals surface area contributed by atoms with Crippen LogP contribution < -0.4 is 32.1 Å². The second-order valence-corrected chi connectivity index (χ2v) is 14.4. The number of amides is 3. The molecule has 0 bridgehead atoms. The van der Waals surface area contributed by atoms with Crippen molar-refractivity contribution in [3.63, 3.8) is 0 Å². The van der Waals surface area contributed by atoms with Gasteiger partial charge in [-0.2, -0.15) is 13.2 Å². The number of hydrogen-bond acceptors (Lipinski definition) is 13. The maximum absolute atomic E-state index is 13.4. The molecule has 0 saturated carbocycles. The van der Waals surface area contributed by atoms with E-state index in [2.05, 4.69) is 30.6 Å². The van der Waals surface area contributed by atoms with Gasteiger partial charge in [0.1, 0.15) is 12.3 Å². The maximum atomic E-state index is 13.4. The van der Waals surface area contributed by atoms with Crippen LogP contribution in [0.2, 0.25) is 5.15 Å². The molecule has 51 heavy (non-hydrogen) atoms. The lowest BCUT2D eigenvalue weighted by Gasteiger charge is -2.39. The molecule has 1 aromatic carbocycles. The topological polar surface area (TPSA) is 244 Å². The van der Waals surface area contributed by atoms with E-state index in [9.17, 15) is 40.8 Å². The number of nitrogens with one attached hydrogen (secondary N) is 4. The predicted molar refractivity (Wildman–Crippen MR) is 174 cm³/mol. The van der Waals surface area contributed by atoms with Gasteiger partial charge in [-0.05, 0) is 43.9 Å². The van der Waals surface area contributed by atoms with E-state index in [-0.39, 0.29) is 52.3 Å². The van der Waals surface area contributed by atoms with E-state index in [1.807, 2.05) is 0 Å². The third-order valence-electron chi connectivity index (χ3n) is 8.82. The lowest BCUT2D eigenvalue weighted by molar-refractivity contribution is -0.184. The quantitative estimate of drug-likeness (QED) is 0.174. The Kier molecular flexibility index (Phi) is 11.2. The van der Waals surface area contributed by atoms with Gasteiger partial charge in [0.25, 0.3) is 17.7 Å². The Bertz CT molecular complexity index is 1790. The van der Waals surface area contributed by atoms with Crippen LogP contribution in [0.25, 0.3) is 0 Å². The summed E-state index contributed by atoms with van der Waals surface area (Å²) in [7, 11) is -4.18. The van der Waals surface area contributed by atoms with E-state index >= 15 is 0 Å². The molecular weight excluding hydrogens is 725 g/mol. The van der Waals surface area contributed by atoms with Crippen molar-refractivity contribution in [3.05, 3.63) is 40.7 Å². The van der Waals surface area contributed by atoms with Crippen LogP contribution in [0, 0.1) is 0 Å². The fraction of sp³-hybridized carbons (Fsp3) is 0.517. The van der Waals surface area contributed by atoms with Crippen molar-refractivity contribution in [1.29, 1.82) is 0 Å². The molecule has 278 valence electrons. The van der Waals surface area contributed by atoms with Crippen molar-refractivity contribution in [2.45, 2.75) is 61.0 Å². The number of benzene rings is 1. The highest BCUT2D eigenvalue weighted by Crippen LogP contribution is 2.32. The monoisotopic (exact) mass is 760 g/mol. The Morgan fingerprint density at radius 3 is 2.53 bits per heavy atom. The number of ether oxygens (including phenoxy) is 1. The molecule has 0 aliphatic carbocycles. The number of nitrogens with two attached hydrogens (primary N) is 2. The van der Waals surface area contributed by atoms with Crippen molar-refractivity contribution >= 4 is 57.0 Å². The van der Waals surface area contributed by atoms with Crippen LogP contribution >= 0.6 is 11.6 Å². The number of nitrogen functional groups attached to an aromatic ring is 2. The van der Waals surface area contributed by atoms with Crippen molar-refractivity contribution in [2.75, 3.05) is 50.8 Å². The minimum atomic E-state index is -4.59. The average Bonchev–Trinajstić information content (AvgIpc) is 3.73. The molecule has 3 amide bonds. The number of halogens is 4. The Morgan fingerprint density at radius 2 is 1.82 bits per heavy atom. The molecule has 0 radical (unpaired) electrons. The fourth-order valence-corrected chi connectivity index (χ4v) is 7.32. The molecule has 4 heterocycles. The number of aromatic nitrogens is 2. The normalized spacial score (nSPS) is 20.4. The van der Waals surface area contributed by atoms with E-state index in [1.165, 1.54) is 24.3 Å². The Labute approximate surface area is 295 Å². The summed E-state index contributed by atoms with van der Waals surface area (Å²) in [6.45, 7) is -0.289. The van der Waals surface area contributed by atoms with Crippen molar-refractivity contribution < 1.29 is 45.5 Å². The number of sulfonamides is 1. The van der Waals surface area contributed by atoms with Gasteiger partial charge in [0.05, 0.1) is 11.3 Å². The van der Waals surface area contributed by atoms with Gasteiger partial charge in [-0.15, -0.1) is 0 Å². The van der Waals surface area contributed by atoms with Gasteiger partial charge in [0, 0.05) is 43.8 Å². The van der Waals surface area contributed by atoms with Gasteiger partial charge >= 0.3 is 12.1 Å². The van der Waals surface area contributed by atoms with Gasteiger partial charge in [-0.1, -0.05) is 17.7 Å². The van der Waals surface area contributed by atoms with E-state index < -0.39 is 77.3 Å². The van der Waals surface area contributed by atoms with E-state index in [0.717, 1.165) is 0 Å². The molecule has 1 aromatic heterocycles. The zero-order valence-electron chi connectivity index (χ0n) is 27.0. The summed E-state index contributed by atoms with van der Waals surface area (Å²) in [6, 6.07) is 3.43. The van der Waals surface area contributed by atoms with E-state index in [1.54, 1.807) is 4.90 Å². The lowest BCUT2D eigenvalue weighted by Crippen LogP contribution is -2.57. The van der Waals surface area contributed by atoms with Gasteiger partial charge in [0.15, 0.2) is 29.1 Å². The lowest BCUT2D eigenvalue weighted by atomic mass is 9.88. The van der Waals surface area contributed by atoms with Crippen LogP contribution in [0.5, 0.6) is 0 Å². The largest absolute Gasteiger partial charge is 0.456 e. The molecule has 3 fully saturated rings. The van der Waals surface area contributed by atoms with Gasteiger partial charge in [-0.3, -0.25) is 29.8 Å². The molecule has 3 aliphatic heterocycles. The Balaban J connectivity index is 1.07. The number of alkyl halides is 3. The number of nitrogens with zero attached hydrogens (tertiary/aromatic N) is 4. The first-order valence-electron chi connectivity index (χ1n) is 15.8. The molecule has 5 rings (SSSR count). The summed E-state index contributed by atoms with van der Waals surface area (Å²) < 4.78 is 72.2. The number of rotatable bonds is 10. The Morgan fingerprint density at radius 1 is 1.10 bits per heavy atom. The number of hydrogen-bond donors (Lipinski definition) is 6. The van der Waals surface area contributed by atoms with Crippen molar-refractivity contribution in [3.8, 4) is 0 Å². The fourth-order valence-electron chi connectivity index (χ4n) is 6.11. The third kappa shape index (κ3) is 8.95. The summed E-state index contributed by atoms with van der Waals surface area (Å²) in [4.78, 5) is 60.0. The van der Waals surface area contributed by atoms with Crippen LogP contribution in [-0.4, -0.2) is 115 Å². The molecule has 2 unspecified atom stereocenters. The van der Waals surface area contributed by atoms with Crippen LogP contribution in [-0.2, 0) is 24.3 Å². The summed E-state index contributed by atoms with van der Waals surface area (Å²) in [5.74, 6) is -3.28. The first kappa shape index (κ1) is 37.9. The van der Waals surface area contributed by atoms with Crippen molar-refractivity contribution in [1.82, 2.24) is 40.4 Å². The highest BCUT2D eigenvalue weighted by atomic mass is 35.5. The van der Waals surface area contributed by atoms with Crippen LogP contribution in [0.1, 0.15) is 53.0 Å². The highest BCUT2D eigenvalue weighted by Gasteiger charge is 2.48. The SMILES string of the molecule is Nc1nc(N)c(C(=O)NC2NCC3(CCN(C(=O)c4cccc(S(=O)(=O)NCCC(=O)OCC(=O)N5CCCC5C(F)(F)F)c4)CC3)N2)nc1Cl. The molecule has 3 saturated heterocycles. The molecule has 3 aliphatic rings. The van der Waals surface area contributed by atoms with Crippen molar-refractivity contribution in [2.24, 2.45) is 0 Å². The number of carbonyl (C=O) groups is 4. The first-order valence-corrected chi connectivity index (χ1v) is 17.7. The highest BCUT2D eigenvalue weighted by molar-refractivity contribution is 7.89. The number of carbonyl (C=O) groups excluding carboxylic acids is 4. The third-order valence-corrected chi connectivity index (χ3v) is 10.6. The summed E-state index contributed by atoms with van der Waals surface area (Å²) in [5, 5.41) is 9.06. The summed E-state index contributed by atoms with van der Waals surface area (Å²) in [5.41, 5.74) is 10.8. The maximum Gasteiger partial charge on any atom is 0.408 e. The average molecular weight is 761 g/mol. The molecule has 17 nitrogen and oxygen atoms in total. The van der Waals surface area contributed by atoms with Gasteiger partial charge in [-0.25, -0.2) is 23.1 Å². The predicted octanol–water partition coefficient (Wildman–Crippen LogP) is -0.0595. The zero-order valence-corrected chi connectivity index (χ0v) is 28.5. The smallest absolute Gasteiger partial charge is 0.408 e. The molecule has 2 atom stereocenters. The number of esters is 1. The molecular formula is C29H36ClF3N10O7S. The van der Waals surface area contributed by atoms with E-state index in [0.29, 0.717) is 37.4 Å². The second-order valence-electron chi connectivity index (χ2n) is 12.3. The van der Waals surface area contributed by atoms with Crippen LogP contribution in [0.3, 0.4) is 0 Å². The minimum Gasteiger partial charge on any atom is -0.456 e. The molecule has 2 aromatic rings. The minimum absolute atomic E-state index is 0.104. The Hall–Kier alpha value is -4.31. The van der Waals surface area contributed by atoms with Crippen LogP contribution in [0.4, 0.5) is 24.8 Å². The summed E-state index contributed by atoms with van der Waals surface area (Å²) in [6.07, 6.45) is -4.76. The number of piperidine rings is 1. The van der Waals surface area contributed by atoms with Gasteiger partial charge in [0.2, 0.25) is 10.0 Å². The summed E-state index contributed by atoms with van der Waals surface area (Å²) >= 11 is 5.88. The first-order chi connectivity index (χ1) is 24.0. The molecule has 22 heteroatoms.